The number of amides is 2. The fourth-order valence-electron chi connectivity index (χ4n) is 4.91. The summed E-state index contributed by atoms with van der Waals surface area (Å²) in [6.07, 6.45) is 1.87. The van der Waals surface area contributed by atoms with Crippen molar-refractivity contribution >= 4 is 39.1 Å². The van der Waals surface area contributed by atoms with Gasteiger partial charge in [-0.15, -0.1) is 0 Å². The normalized spacial score (nSPS) is 12.2. The third-order valence-corrected chi connectivity index (χ3v) is 8.27. The lowest BCUT2D eigenvalue weighted by atomic mass is 10.0. The Morgan fingerprint density at radius 1 is 0.905 bits per heavy atom. The van der Waals surface area contributed by atoms with Crippen LogP contribution in [-0.2, 0) is 32.6 Å². The minimum absolute atomic E-state index is 0.0696. The monoisotopic (exact) mass is 611 g/mol. The first-order chi connectivity index (χ1) is 19.8. The van der Waals surface area contributed by atoms with Crippen molar-refractivity contribution in [2.24, 2.45) is 5.92 Å². The maximum Gasteiger partial charge on any atom is 0.243 e. The molecule has 42 heavy (non-hydrogen) atoms. The third-order valence-electron chi connectivity index (χ3n) is 6.84. The molecule has 3 aromatic rings. The zero-order chi connectivity index (χ0) is 30.9. The Kier molecular flexibility index (Phi) is 12.0. The van der Waals surface area contributed by atoms with Crippen LogP contribution in [0.5, 0.6) is 0 Å². The smallest absolute Gasteiger partial charge is 0.243 e. The summed E-state index contributed by atoms with van der Waals surface area (Å²) >= 11 is 6.26. The van der Waals surface area contributed by atoms with Crippen LogP contribution in [0, 0.1) is 19.8 Å². The second kappa shape index (κ2) is 15.2. The van der Waals surface area contributed by atoms with E-state index >= 15 is 0 Å². The molecule has 0 radical (unpaired) electrons. The van der Waals surface area contributed by atoms with Crippen molar-refractivity contribution < 1.29 is 18.0 Å². The minimum Gasteiger partial charge on any atom is -0.354 e. The largest absolute Gasteiger partial charge is 0.354 e. The highest BCUT2D eigenvalue weighted by atomic mass is 35.5. The van der Waals surface area contributed by atoms with E-state index in [0.29, 0.717) is 23.7 Å². The lowest BCUT2D eigenvalue weighted by molar-refractivity contribution is -0.141. The van der Waals surface area contributed by atoms with Crippen LogP contribution in [0.2, 0.25) is 5.02 Å². The van der Waals surface area contributed by atoms with Crippen molar-refractivity contribution in [2.75, 3.05) is 23.7 Å². The summed E-state index contributed by atoms with van der Waals surface area (Å²) in [5.41, 5.74) is 4.23. The van der Waals surface area contributed by atoms with Gasteiger partial charge < -0.3 is 10.2 Å². The molecule has 0 saturated carbocycles. The Morgan fingerprint density at radius 2 is 1.55 bits per heavy atom. The van der Waals surface area contributed by atoms with E-state index < -0.39 is 16.1 Å². The number of sulfonamides is 1. The van der Waals surface area contributed by atoms with E-state index in [1.807, 2.05) is 88.4 Å². The fourth-order valence-corrected chi connectivity index (χ4v) is 6.07. The van der Waals surface area contributed by atoms with Crippen LogP contribution in [0.15, 0.2) is 72.8 Å². The van der Waals surface area contributed by atoms with E-state index in [1.54, 1.807) is 17.0 Å². The molecular weight excluding hydrogens is 570 g/mol. The Morgan fingerprint density at radius 3 is 2.14 bits per heavy atom. The number of carbonyl (C=O) groups excluding carboxylic acids is 2. The molecule has 0 spiro atoms. The molecule has 0 saturated heterocycles. The van der Waals surface area contributed by atoms with Crippen LogP contribution in [0.3, 0.4) is 0 Å². The Balaban J connectivity index is 1.89. The SMILES string of the molecule is Cc1cc(C)cc(N(CCCC(=O)N(Cc2cccc(Cl)c2)[C@@H](Cc2ccccc2)C(=O)NCC(C)C)S(C)(=O)=O)c1. The molecule has 226 valence electrons. The summed E-state index contributed by atoms with van der Waals surface area (Å²) in [7, 11) is -3.58. The summed E-state index contributed by atoms with van der Waals surface area (Å²) in [5, 5.41) is 3.56. The van der Waals surface area contributed by atoms with Crippen LogP contribution in [0.25, 0.3) is 0 Å². The van der Waals surface area contributed by atoms with Crippen molar-refractivity contribution in [1.82, 2.24) is 10.2 Å². The highest BCUT2D eigenvalue weighted by Crippen LogP contribution is 2.23. The molecule has 7 nitrogen and oxygen atoms in total. The van der Waals surface area contributed by atoms with Gasteiger partial charge in [0.25, 0.3) is 0 Å². The zero-order valence-electron chi connectivity index (χ0n) is 25.1. The van der Waals surface area contributed by atoms with Crippen LogP contribution in [-0.4, -0.2) is 50.5 Å². The van der Waals surface area contributed by atoms with Gasteiger partial charge in [-0.1, -0.05) is 74.0 Å². The van der Waals surface area contributed by atoms with Crippen molar-refractivity contribution in [1.29, 1.82) is 0 Å². The molecule has 0 heterocycles. The molecule has 0 bridgehead atoms. The van der Waals surface area contributed by atoms with Gasteiger partial charge in [0.05, 0.1) is 11.9 Å². The first-order valence-corrected chi connectivity index (χ1v) is 16.5. The number of aryl methyl sites for hydroxylation is 2. The van der Waals surface area contributed by atoms with Gasteiger partial charge in [0, 0.05) is 37.5 Å². The zero-order valence-corrected chi connectivity index (χ0v) is 26.7. The van der Waals surface area contributed by atoms with Gasteiger partial charge in [-0.2, -0.15) is 0 Å². The molecule has 0 aliphatic carbocycles. The predicted molar refractivity (Wildman–Crippen MR) is 171 cm³/mol. The molecule has 0 aromatic heterocycles. The van der Waals surface area contributed by atoms with Crippen LogP contribution < -0.4 is 9.62 Å². The Bertz CT molecular complexity index is 1440. The standard InChI is InChI=1S/C33H42ClN3O4S/c1-24(2)22-35-33(39)31(21-27-11-7-6-8-12-27)36(23-28-13-9-14-29(34)20-28)32(38)15-10-16-37(42(5,40)41)30-18-25(3)17-26(4)19-30/h6-9,11-14,17-20,24,31H,10,15-16,21-23H2,1-5H3,(H,35,39)/t31-/m0/s1. The average Bonchev–Trinajstić information content (AvgIpc) is 2.91. The number of benzene rings is 3. The number of nitrogens with one attached hydrogen (secondary N) is 1. The quantitative estimate of drug-likeness (QED) is 0.245. The number of rotatable bonds is 14. The molecule has 0 aliphatic heterocycles. The van der Waals surface area contributed by atoms with Crippen molar-refractivity contribution in [3.05, 3.63) is 100 Å². The number of halogens is 1. The minimum atomic E-state index is -3.58. The first-order valence-electron chi connectivity index (χ1n) is 14.2. The molecule has 2 amide bonds. The highest BCUT2D eigenvalue weighted by molar-refractivity contribution is 7.92. The predicted octanol–water partition coefficient (Wildman–Crippen LogP) is 5.92. The maximum atomic E-state index is 13.9. The molecule has 9 heteroatoms. The topological polar surface area (TPSA) is 86.8 Å². The number of carbonyl (C=O) groups is 2. The molecule has 0 unspecified atom stereocenters. The summed E-state index contributed by atoms with van der Waals surface area (Å²) in [4.78, 5) is 29.1. The molecule has 0 aliphatic rings. The van der Waals surface area contributed by atoms with Crippen molar-refractivity contribution in [3.63, 3.8) is 0 Å². The van der Waals surface area contributed by atoms with Gasteiger partial charge in [-0.3, -0.25) is 13.9 Å². The molecule has 0 fully saturated rings. The second-order valence-electron chi connectivity index (χ2n) is 11.3. The third kappa shape index (κ3) is 10.2. The number of anilines is 1. The van der Waals surface area contributed by atoms with Gasteiger partial charge in [0.2, 0.25) is 21.8 Å². The van der Waals surface area contributed by atoms with Crippen LogP contribution in [0.4, 0.5) is 5.69 Å². The summed E-state index contributed by atoms with van der Waals surface area (Å²) < 4.78 is 26.8. The average molecular weight is 612 g/mol. The van der Waals surface area contributed by atoms with Crippen LogP contribution in [0.1, 0.15) is 48.9 Å². The van der Waals surface area contributed by atoms with E-state index in [0.717, 1.165) is 22.3 Å². The molecule has 3 aromatic carbocycles. The lowest BCUT2D eigenvalue weighted by Crippen LogP contribution is -2.51. The maximum absolute atomic E-state index is 13.9. The number of nitrogens with zero attached hydrogens (tertiary/aromatic N) is 2. The Hall–Kier alpha value is -3.36. The fraction of sp³-hybridized carbons (Fsp3) is 0.394. The molecular formula is C33H42ClN3O4S. The van der Waals surface area contributed by atoms with Gasteiger partial charge in [0.1, 0.15) is 6.04 Å². The van der Waals surface area contributed by atoms with Gasteiger partial charge in [0.15, 0.2) is 0 Å². The summed E-state index contributed by atoms with van der Waals surface area (Å²) in [6, 6.07) is 21.8. The lowest BCUT2D eigenvalue weighted by Gasteiger charge is -2.32. The molecule has 3 rings (SSSR count). The summed E-state index contributed by atoms with van der Waals surface area (Å²) in [6.45, 7) is 8.70. The summed E-state index contributed by atoms with van der Waals surface area (Å²) in [5.74, 6) is -0.212. The van der Waals surface area contributed by atoms with Crippen molar-refractivity contribution in [3.8, 4) is 0 Å². The van der Waals surface area contributed by atoms with E-state index in [2.05, 4.69) is 5.32 Å². The van der Waals surface area contributed by atoms with E-state index in [9.17, 15) is 18.0 Å². The Labute approximate surface area is 255 Å². The second-order valence-corrected chi connectivity index (χ2v) is 13.6. The first kappa shape index (κ1) is 33.1. The number of hydrogen-bond donors (Lipinski definition) is 1. The molecule has 1 N–H and O–H groups in total. The molecule has 1 atom stereocenters. The van der Waals surface area contributed by atoms with Crippen LogP contribution >= 0.6 is 11.6 Å². The van der Waals surface area contributed by atoms with E-state index in [1.165, 1.54) is 10.6 Å². The van der Waals surface area contributed by atoms with Gasteiger partial charge in [-0.25, -0.2) is 8.42 Å². The van der Waals surface area contributed by atoms with Crippen molar-refractivity contribution in [2.45, 2.75) is 59.5 Å². The highest BCUT2D eigenvalue weighted by Gasteiger charge is 2.30. The van der Waals surface area contributed by atoms with E-state index in [-0.39, 0.29) is 43.7 Å². The number of hydrogen-bond acceptors (Lipinski definition) is 4. The van der Waals surface area contributed by atoms with E-state index in [4.69, 9.17) is 11.6 Å². The van der Waals surface area contributed by atoms with Gasteiger partial charge >= 0.3 is 0 Å². The van der Waals surface area contributed by atoms with Gasteiger partial charge in [-0.05, 0) is 72.7 Å².